The minimum Gasteiger partial charge on any atom is -0.340 e. The van der Waals surface area contributed by atoms with Crippen LogP contribution in [0.25, 0.3) is 0 Å². The van der Waals surface area contributed by atoms with Crippen LogP contribution in [0.15, 0.2) is 53.4 Å². The standard InChI is InChI=1S/C17H17ClN2O3S/c1-12(24-16-9-7-15(8-10-16)20(22)23)17(21)19(2)11-13-3-5-14(18)6-4-13/h3-10,12H,11H2,1-2H3. The summed E-state index contributed by atoms with van der Waals surface area (Å²) in [6.07, 6.45) is 0. The number of amides is 1. The molecule has 2 aromatic carbocycles. The first-order valence-corrected chi connectivity index (χ1v) is 8.53. The molecular weight excluding hydrogens is 348 g/mol. The van der Waals surface area contributed by atoms with Gasteiger partial charge in [0.05, 0.1) is 10.2 Å². The summed E-state index contributed by atoms with van der Waals surface area (Å²) in [7, 11) is 1.75. The van der Waals surface area contributed by atoms with Crippen molar-refractivity contribution in [2.75, 3.05) is 7.05 Å². The van der Waals surface area contributed by atoms with Crippen molar-refractivity contribution in [3.8, 4) is 0 Å². The van der Waals surface area contributed by atoms with Gasteiger partial charge in [-0.15, -0.1) is 11.8 Å². The monoisotopic (exact) mass is 364 g/mol. The Kier molecular flexibility index (Phi) is 6.23. The average Bonchev–Trinajstić information content (AvgIpc) is 2.56. The van der Waals surface area contributed by atoms with Crippen LogP contribution in [0, 0.1) is 10.1 Å². The van der Waals surface area contributed by atoms with Crippen LogP contribution in [0.5, 0.6) is 0 Å². The highest BCUT2D eigenvalue weighted by atomic mass is 35.5. The van der Waals surface area contributed by atoms with Gasteiger partial charge in [0.25, 0.3) is 5.69 Å². The van der Waals surface area contributed by atoms with Gasteiger partial charge in [0.15, 0.2) is 0 Å². The molecule has 0 aliphatic carbocycles. The summed E-state index contributed by atoms with van der Waals surface area (Å²) >= 11 is 7.23. The quantitative estimate of drug-likeness (QED) is 0.433. The summed E-state index contributed by atoms with van der Waals surface area (Å²) in [5.74, 6) is -0.00620. The fourth-order valence-electron chi connectivity index (χ4n) is 2.15. The predicted octanol–water partition coefficient (Wildman–Crippen LogP) is 4.39. The third-order valence-electron chi connectivity index (χ3n) is 3.42. The van der Waals surface area contributed by atoms with Crippen LogP contribution in [0.4, 0.5) is 5.69 Å². The average molecular weight is 365 g/mol. The zero-order chi connectivity index (χ0) is 17.7. The van der Waals surface area contributed by atoms with E-state index in [-0.39, 0.29) is 16.8 Å². The van der Waals surface area contributed by atoms with Crippen molar-refractivity contribution in [2.24, 2.45) is 0 Å². The number of nitro groups is 1. The van der Waals surface area contributed by atoms with Crippen LogP contribution in [0.1, 0.15) is 12.5 Å². The lowest BCUT2D eigenvalue weighted by Crippen LogP contribution is -2.32. The SMILES string of the molecule is CC(Sc1ccc([N+](=O)[O-])cc1)C(=O)N(C)Cc1ccc(Cl)cc1. The minimum absolute atomic E-state index is 0.00620. The van der Waals surface area contributed by atoms with Gasteiger partial charge < -0.3 is 4.90 Å². The molecule has 0 aromatic heterocycles. The number of halogens is 1. The highest BCUT2D eigenvalue weighted by molar-refractivity contribution is 8.00. The Balaban J connectivity index is 1.95. The van der Waals surface area contributed by atoms with Crippen molar-refractivity contribution in [3.05, 3.63) is 69.2 Å². The maximum Gasteiger partial charge on any atom is 0.269 e. The van der Waals surface area contributed by atoms with Crippen molar-refractivity contribution < 1.29 is 9.72 Å². The highest BCUT2D eigenvalue weighted by Gasteiger charge is 2.19. The Labute approximate surface area is 149 Å². The van der Waals surface area contributed by atoms with Crippen molar-refractivity contribution in [1.29, 1.82) is 0 Å². The van der Waals surface area contributed by atoms with Crippen LogP contribution in [0.3, 0.4) is 0 Å². The molecule has 24 heavy (non-hydrogen) atoms. The molecule has 1 unspecified atom stereocenters. The normalized spacial score (nSPS) is 11.8. The van der Waals surface area contributed by atoms with Gasteiger partial charge in [0, 0.05) is 35.6 Å². The van der Waals surface area contributed by atoms with Gasteiger partial charge in [-0.2, -0.15) is 0 Å². The maximum atomic E-state index is 12.5. The Bertz CT molecular complexity index is 720. The molecule has 0 radical (unpaired) electrons. The second-order valence-electron chi connectivity index (χ2n) is 5.33. The first kappa shape index (κ1) is 18.3. The van der Waals surface area contributed by atoms with Gasteiger partial charge in [-0.3, -0.25) is 14.9 Å². The van der Waals surface area contributed by atoms with Crippen molar-refractivity contribution in [2.45, 2.75) is 23.6 Å². The third-order valence-corrected chi connectivity index (χ3v) is 4.77. The summed E-state index contributed by atoms with van der Waals surface area (Å²) < 4.78 is 0. The van der Waals surface area contributed by atoms with Gasteiger partial charge in [-0.05, 0) is 36.8 Å². The van der Waals surface area contributed by atoms with Crippen LogP contribution in [-0.2, 0) is 11.3 Å². The fourth-order valence-corrected chi connectivity index (χ4v) is 3.26. The molecule has 2 rings (SSSR count). The molecule has 0 bridgehead atoms. The second-order valence-corrected chi connectivity index (χ2v) is 7.18. The van der Waals surface area contributed by atoms with E-state index in [4.69, 9.17) is 11.6 Å². The molecule has 2 aromatic rings. The number of thioether (sulfide) groups is 1. The molecule has 0 spiro atoms. The summed E-state index contributed by atoms with van der Waals surface area (Å²) in [6.45, 7) is 2.33. The van der Waals surface area contributed by atoms with Crippen LogP contribution in [0.2, 0.25) is 5.02 Å². The summed E-state index contributed by atoms with van der Waals surface area (Å²) in [5.41, 5.74) is 1.04. The molecule has 1 atom stereocenters. The molecule has 7 heteroatoms. The van der Waals surface area contributed by atoms with E-state index in [1.165, 1.54) is 23.9 Å². The largest absolute Gasteiger partial charge is 0.340 e. The van der Waals surface area contributed by atoms with E-state index >= 15 is 0 Å². The van der Waals surface area contributed by atoms with Crippen LogP contribution < -0.4 is 0 Å². The first-order valence-electron chi connectivity index (χ1n) is 7.27. The number of rotatable bonds is 6. The Hall–Kier alpha value is -2.05. The minimum atomic E-state index is -0.442. The smallest absolute Gasteiger partial charge is 0.269 e. The molecule has 0 aliphatic heterocycles. The second kappa shape index (κ2) is 8.17. The molecule has 5 nitrogen and oxygen atoms in total. The number of benzene rings is 2. The summed E-state index contributed by atoms with van der Waals surface area (Å²) in [5, 5.41) is 11.0. The number of hydrogen-bond acceptors (Lipinski definition) is 4. The Morgan fingerprint density at radius 3 is 2.33 bits per heavy atom. The summed E-state index contributed by atoms with van der Waals surface area (Å²) in [4.78, 5) is 25.2. The van der Waals surface area contributed by atoms with E-state index in [1.807, 2.05) is 19.1 Å². The number of nitrogens with zero attached hydrogens (tertiary/aromatic N) is 2. The van der Waals surface area contributed by atoms with Gasteiger partial charge in [-0.1, -0.05) is 23.7 Å². The molecular formula is C17H17ClN2O3S. The number of nitro benzene ring substituents is 1. The van der Waals surface area contributed by atoms with Crippen molar-refractivity contribution >= 4 is 35.0 Å². The molecule has 0 saturated carbocycles. The van der Waals surface area contributed by atoms with Crippen LogP contribution >= 0.6 is 23.4 Å². The number of carbonyl (C=O) groups is 1. The summed E-state index contributed by atoms with van der Waals surface area (Å²) in [6, 6.07) is 13.6. The third kappa shape index (κ3) is 4.97. The molecule has 0 heterocycles. The van der Waals surface area contributed by atoms with Gasteiger partial charge in [0.2, 0.25) is 5.91 Å². The number of carbonyl (C=O) groups excluding carboxylic acids is 1. The molecule has 0 aliphatic rings. The number of non-ortho nitro benzene ring substituents is 1. The highest BCUT2D eigenvalue weighted by Crippen LogP contribution is 2.26. The van der Waals surface area contributed by atoms with Gasteiger partial charge in [-0.25, -0.2) is 0 Å². The van der Waals surface area contributed by atoms with E-state index in [0.717, 1.165) is 10.5 Å². The zero-order valence-corrected chi connectivity index (χ0v) is 14.9. The zero-order valence-electron chi connectivity index (χ0n) is 13.3. The Morgan fingerprint density at radius 1 is 1.21 bits per heavy atom. The van der Waals surface area contributed by atoms with Gasteiger partial charge >= 0.3 is 0 Å². The van der Waals surface area contributed by atoms with E-state index in [1.54, 1.807) is 36.2 Å². The lowest BCUT2D eigenvalue weighted by Gasteiger charge is -2.21. The van der Waals surface area contributed by atoms with E-state index in [0.29, 0.717) is 11.6 Å². The Morgan fingerprint density at radius 2 is 1.79 bits per heavy atom. The van der Waals surface area contributed by atoms with Gasteiger partial charge in [0.1, 0.15) is 0 Å². The van der Waals surface area contributed by atoms with Crippen molar-refractivity contribution in [1.82, 2.24) is 4.90 Å². The molecule has 0 N–H and O–H groups in total. The topological polar surface area (TPSA) is 63.5 Å². The molecule has 1 amide bonds. The van der Waals surface area contributed by atoms with Crippen LogP contribution in [-0.4, -0.2) is 28.0 Å². The van der Waals surface area contributed by atoms with E-state index in [9.17, 15) is 14.9 Å². The molecule has 126 valence electrons. The number of hydrogen-bond donors (Lipinski definition) is 0. The fraction of sp³-hybridized carbons (Fsp3) is 0.235. The molecule has 0 fully saturated rings. The maximum absolute atomic E-state index is 12.5. The lowest BCUT2D eigenvalue weighted by atomic mass is 10.2. The van der Waals surface area contributed by atoms with Crippen molar-refractivity contribution in [3.63, 3.8) is 0 Å². The predicted molar refractivity (Wildman–Crippen MR) is 96.3 cm³/mol. The van der Waals surface area contributed by atoms with E-state index in [2.05, 4.69) is 0 Å². The van der Waals surface area contributed by atoms with E-state index < -0.39 is 4.92 Å². The first-order chi connectivity index (χ1) is 11.4. The lowest BCUT2D eigenvalue weighted by molar-refractivity contribution is -0.384. The molecule has 0 saturated heterocycles.